The van der Waals surface area contributed by atoms with Crippen molar-refractivity contribution >= 4 is 0 Å². The highest BCUT2D eigenvalue weighted by Gasteiger charge is 2.42. The van der Waals surface area contributed by atoms with E-state index in [0.29, 0.717) is 89.0 Å². The Balaban J connectivity index is 0.000000275. The molecule has 2 aliphatic carbocycles. The molecular weight excluding hydrogens is 1760 g/mol. The largest absolute Gasteiger partial charge is 0.507 e. The van der Waals surface area contributed by atoms with Crippen LogP contribution in [0.4, 0.5) is 0 Å². The summed E-state index contributed by atoms with van der Waals surface area (Å²) in [5.74, 6) is -21.6. The maximum atomic E-state index is 11.9. The van der Waals surface area contributed by atoms with Crippen LogP contribution < -0.4 is 0 Å². The molecule has 0 saturated carbocycles. The van der Waals surface area contributed by atoms with Gasteiger partial charge >= 0.3 is 0 Å². The Morgan fingerprint density at radius 1 is 0.107 bits per heavy atom. The van der Waals surface area contributed by atoms with E-state index in [4.69, 9.17) is 0 Å². The minimum atomic E-state index is -1.32. The number of aromatic hydroxyl groups is 20. The molecule has 0 unspecified atom stereocenters. The number of hydrogen-bond acceptors (Lipinski definition) is 20. The number of fused-ring (bicyclic) bond motifs is 16. The lowest BCUT2D eigenvalue weighted by Crippen LogP contribution is -2.13. The molecule has 0 fully saturated rings. The number of benzene rings is 16. The molecular formula is C120H128O20. The first kappa shape index (κ1) is 107. The fraction of sp³-hybridized carbons (Fsp3) is 0.200. The molecule has 16 aromatic carbocycles. The topological polar surface area (TPSA) is 405 Å². The maximum absolute atomic E-state index is 11.9. The summed E-state index contributed by atoms with van der Waals surface area (Å²) < 4.78 is 0. The van der Waals surface area contributed by atoms with Gasteiger partial charge < -0.3 is 102 Å². The van der Waals surface area contributed by atoms with Crippen LogP contribution in [0.15, 0.2) is 315 Å². The van der Waals surface area contributed by atoms with Gasteiger partial charge in [0.05, 0.1) is 0 Å². The molecule has 140 heavy (non-hydrogen) atoms. The van der Waals surface area contributed by atoms with E-state index in [-0.39, 0.29) is 90.5 Å². The first-order valence-electron chi connectivity index (χ1n) is 47.6. The normalized spacial score (nSPS) is 15.4. The molecule has 2 aliphatic rings. The number of hydrogen-bond donors (Lipinski definition) is 20. The van der Waals surface area contributed by atoms with Gasteiger partial charge in [0.25, 0.3) is 0 Å². The van der Waals surface area contributed by atoms with E-state index in [0.717, 1.165) is 0 Å². The Morgan fingerprint density at radius 2 is 0.193 bits per heavy atom. The van der Waals surface area contributed by atoms with E-state index in [1.807, 2.05) is 232 Å². The molecule has 0 spiro atoms. The first-order valence-corrected chi connectivity index (χ1v) is 47.6. The zero-order chi connectivity index (χ0) is 103. The summed E-state index contributed by atoms with van der Waals surface area (Å²) in [5, 5.41) is 237. The molecule has 16 bridgehead atoms. The van der Waals surface area contributed by atoms with Crippen molar-refractivity contribution in [3.63, 3.8) is 0 Å². The van der Waals surface area contributed by atoms with Crippen molar-refractivity contribution in [2.75, 3.05) is 0 Å². The van der Waals surface area contributed by atoms with Crippen molar-refractivity contribution in [3.05, 3.63) is 449 Å². The zero-order valence-electron chi connectivity index (χ0n) is 81.6. The number of phenolic OH excluding ortho intramolecular Hbond substituents is 20. The van der Waals surface area contributed by atoms with Gasteiger partial charge in [-0.05, 0) is 93.0 Å². The highest BCUT2D eigenvalue weighted by molar-refractivity contribution is 5.76. The highest BCUT2D eigenvalue weighted by atomic mass is 16.4. The lowest BCUT2D eigenvalue weighted by atomic mass is 9.74. The second-order valence-corrected chi connectivity index (χ2v) is 31.0. The second-order valence-electron chi connectivity index (χ2n) is 31.0. The molecule has 0 aromatic heterocycles. The van der Waals surface area contributed by atoms with Crippen molar-refractivity contribution in [1.82, 2.24) is 0 Å². The maximum Gasteiger partial charge on any atom is 0.200 e. The third kappa shape index (κ3) is 21.4. The third-order valence-electron chi connectivity index (χ3n) is 24.0. The summed E-state index contributed by atoms with van der Waals surface area (Å²) in [6.07, 6.45) is 0. The van der Waals surface area contributed by atoms with Crippen molar-refractivity contribution < 1.29 is 102 Å². The lowest BCUT2D eigenvalue weighted by Gasteiger charge is -2.30. The van der Waals surface area contributed by atoms with Crippen LogP contribution in [0.3, 0.4) is 0 Å². The van der Waals surface area contributed by atoms with Crippen LogP contribution in [-0.4, -0.2) is 102 Å². The average molecular weight is 1890 g/mol. The Morgan fingerprint density at radius 3 is 0.293 bits per heavy atom. The molecule has 0 aliphatic heterocycles. The van der Waals surface area contributed by atoms with Gasteiger partial charge in [-0.15, -0.1) is 0 Å². The predicted molar refractivity (Wildman–Crippen MR) is 555 cm³/mol. The molecule has 18 rings (SSSR count). The summed E-state index contributed by atoms with van der Waals surface area (Å²) in [7, 11) is 0. The minimum Gasteiger partial charge on any atom is -0.507 e. The van der Waals surface area contributed by atoms with Gasteiger partial charge in [-0.1, -0.05) is 353 Å². The summed E-state index contributed by atoms with van der Waals surface area (Å²) in [6, 6.07) is 87.3. The lowest BCUT2D eigenvalue weighted by molar-refractivity contribution is 0.353. The zero-order valence-corrected chi connectivity index (χ0v) is 81.6. The fourth-order valence-electron chi connectivity index (χ4n) is 18.2. The van der Waals surface area contributed by atoms with E-state index < -0.39 is 116 Å². The molecule has 20 N–H and O–H groups in total. The molecule has 0 atom stereocenters. The SMILES string of the molecule is CC.CC.CC.CC.CC.CC.CC.CC.Oc1c2cc(c(O)c1O)C(c1ccccc1)c1cc(c(O)c(O)c1O)C(c1ccccc1)c1cc(c(O)c(O)c1O)C(c1ccccc1)c1cc(c(O)c(O)c1O)C2c1ccccc1.Oc1cc(O)c2cc1C(c1ccccc1)c1cc(c(O)cc1O)C(c1ccccc1)c1cc(c(O)cc1O)C(c1ccccc1)c1cc(c(O)cc1O)C2c1ccccc1. The van der Waals surface area contributed by atoms with E-state index in [1.165, 1.54) is 48.5 Å². The third-order valence-corrected chi connectivity index (χ3v) is 24.0. The van der Waals surface area contributed by atoms with Crippen LogP contribution in [0.5, 0.6) is 115 Å². The van der Waals surface area contributed by atoms with Crippen molar-refractivity contribution in [2.24, 2.45) is 0 Å². The van der Waals surface area contributed by atoms with E-state index >= 15 is 0 Å². The summed E-state index contributed by atoms with van der Waals surface area (Å²) in [5.41, 5.74) is 5.54. The van der Waals surface area contributed by atoms with Gasteiger partial charge in [0.15, 0.2) is 46.0 Å². The number of phenols is 20. The molecule has 20 heteroatoms. The Hall–Kier alpha value is -16.5. The van der Waals surface area contributed by atoms with Crippen LogP contribution in [0, 0.1) is 0 Å². The average Bonchev–Trinajstić information content (AvgIpc) is 0.736. The van der Waals surface area contributed by atoms with E-state index in [9.17, 15) is 102 Å². The standard InChI is InChI=1S/C52H40O12.C52H40O8.8C2H6/c53-41-29-21-31(43(55)49(41)61)38(26-15-7-2-8-16-26)33-23-35(47(59)51(63)45(33)57)40(28-19-11-4-12-20-28)36-24-34(46(58)52(64)48(36)60)39(27-17-9-3-10-18-27)32-22-30(42(54)50(62)44(32)56)37(29)25-13-5-1-6-14-25;53-41-25-43(55)35-21-33(41)49(29-13-5-1-6-14-29)34-22-36(44(56)26-42(34)54)51(31-17-9-3-10-18-31)38-24-40(48(60)28-46(38)58)52(32-19-11-4-12-20-32)39-23-37(45(57)27-47(39)59)50(35)30-15-7-2-8-16-30;8*1-2/h1-24,37-40,53-64H;1-28,49-60H;8*1-2H3. The Kier molecular flexibility index (Phi) is 37.8. The second kappa shape index (κ2) is 49.3. The fourth-order valence-corrected chi connectivity index (χ4v) is 18.2. The van der Waals surface area contributed by atoms with Gasteiger partial charge in [0.2, 0.25) is 23.0 Å². The van der Waals surface area contributed by atoms with E-state index in [1.54, 1.807) is 146 Å². The predicted octanol–water partition coefficient (Wildman–Crippen LogP) is 27.8. The summed E-state index contributed by atoms with van der Waals surface area (Å²) in [6.45, 7) is 32.0. The molecule has 0 saturated heterocycles. The van der Waals surface area contributed by atoms with Crippen molar-refractivity contribution in [2.45, 2.75) is 158 Å². The molecule has 16 aromatic rings. The van der Waals surface area contributed by atoms with Crippen LogP contribution >= 0.6 is 0 Å². The summed E-state index contributed by atoms with van der Waals surface area (Å²) >= 11 is 0. The molecule has 0 radical (unpaired) electrons. The van der Waals surface area contributed by atoms with Gasteiger partial charge in [0.1, 0.15) is 46.0 Å². The smallest absolute Gasteiger partial charge is 0.200 e. The van der Waals surface area contributed by atoms with Crippen LogP contribution in [0.1, 0.15) is 292 Å². The quantitative estimate of drug-likeness (QED) is 0.0628. The van der Waals surface area contributed by atoms with E-state index in [2.05, 4.69) is 0 Å². The van der Waals surface area contributed by atoms with Gasteiger partial charge in [-0.2, -0.15) is 0 Å². The first-order chi connectivity index (χ1) is 67.9. The number of rotatable bonds is 8. The van der Waals surface area contributed by atoms with Crippen LogP contribution in [-0.2, 0) is 0 Å². The van der Waals surface area contributed by atoms with Crippen LogP contribution in [0.2, 0.25) is 0 Å². The molecule has 0 heterocycles. The monoisotopic (exact) mass is 1890 g/mol. The van der Waals surface area contributed by atoms with Gasteiger partial charge in [-0.3, -0.25) is 0 Å². The van der Waals surface area contributed by atoms with Crippen molar-refractivity contribution in [1.29, 1.82) is 0 Å². The van der Waals surface area contributed by atoms with Crippen molar-refractivity contribution in [3.8, 4) is 115 Å². The minimum absolute atomic E-state index is 0.135. The molecule has 20 nitrogen and oxygen atoms in total. The Labute approximate surface area is 819 Å². The Bertz CT molecular complexity index is 5740. The molecule has 728 valence electrons. The molecule has 0 amide bonds. The summed E-state index contributed by atoms with van der Waals surface area (Å²) in [4.78, 5) is 0. The van der Waals surface area contributed by atoms with Gasteiger partial charge in [-0.25, -0.2) is 0 Å². The highest BCUT2D eigenvalue weighted by Crippen LogP contribution is 2.62. The van der Waals surface area contributed by atoms with Gasteiger partial charge in [0, 0.05) is 161 Å². The van der Waals surface area contributed by atoms with Crippen LogP contribution in [0.25, 0.3) is 0 Å².